The quantitative estimate of drug-likeness (QED) is 0.292. The molecule has 0 fully saturated rings. The number of aryl methyl sites for hydroxylation is 1. The molecule has 0 amide bonds. The Morgan fingerprint density at radius 3 is 2.15 bits per heavy atom. The fourth-order valence-electron chi connectivity index (χ4n) is 2.97. The van der Waals surface area contributed by atoms with Crippen molar-refractivity contribution >= 4 is 10.1 Å². The Balaban J connectivity index is 0.00000625. The van der Waals surface area contributed by atoms with Crippen LogP contribution in [0.4, 0.5) is 0 Å². The number of benzene rings is 1. The van der Waals surface area contributed by atoms with Crippen LogP contribution in [0.5, 0.6) is 5.75 Å². The van der Waals surface area contributed by atoms with E-state index in [1.54, 1.807) is 6.92 Å². The van der Waals surface area contributed by atoms with Gasteiger partial charge in [-0.05, 0) is 49.3 Å². The van der Waals surface area contributed by atoms with E-state index in [2.05, 4.69) is 19.9 Å². The molecule has 0 aromatic heterocycles. The van der Waals surface area contributed by atoms with E-state index < -0.39 is 15.4 Å². The Hall–Kier alpha value is -0.0700. The fraction of sp³-hybridized carbons (Fsp3) is 0.700. The summed E-state index contributed by atoms with van der Waals surface area (Å²) in [5.41, 5.74) is 2.48. The van der Waals surface area contributed by atoms with Crippen LogP contribution in [0.2, 0.25) is 0 Å². The van der Waals surface area contributed by atoms with E-state index in [9.17, 15) is 13.0 Å². The third kappa shape index (κ3) is 9.23. The fourth-order valence-corrected chi connectivity index (χ4v) is 3.61. The second-order valence-electron chi connectivity index (χ2n) is 6.64. The Labute approximate surface area is 182 Å². The minimum atomic E-state index is -4.32. The Bertz CT molecular complexity index is 602. The van der Waals surface area contributed by atoms with E-state index in [1.807, 2.05) is 12.1 Å². The van der Waals surface area contributed by atoms with Crippen molar-refractivity contribution in [3.63, 3.8) is 0 Å². The van der Waals surface area contributed by atoms with Gasteiger partial charge >= 0.3 is 29.6 Å². The molecule has 0 N–H and O–H groups in total. The van der Waals surface area contributed by atoms with Gasteiger partial charge in [0, 0.05) is 0 Å². The van der Waals surface area contributed by atoms with Crippen LogP contribution < -0.4 is 34.3 Å². The number of hydrogen-bond donors (Lipinski definition) is 0. The van der Waals surface area contributed by atoms with Gasteiger partial charge in [-0.2, -0.15) is 0 Å². The summed E-state index contributed by atoms with van der Waals surface area (Å²) in [6.45, 7) is 6.00. The van der Waals surface area contributed by atoms with Crippen molar-refractivity contribution in [2.75, 3.05) is 6.61 Å². The molecule has 4 nitrogen and oxygen atoms in total. The van der Waals surface area contributed by atoms with E-state index in [-0.39, 0.29) is 42.6 Å². The van der Waals surface area contributed by atoms with Crippen molar-refractivity contribution in [3.8, 4) is 5.75 Å². The van der Waals surface area contributed by atoms with E-state index in [0.29, 0.717) is 0 Å². The molecule has 0 spiro atoms. The summed E-state index contributed by atoms with van der Waals surface area (Å²) in [6.07, 6.45) is 9.16. The SMILES string of the molecule is CCCCCc1cccc(OCC(CC)S(=O)(=O)[O-])c1CCCCC.[Na+]. The largest absolute Gasteiger partial charge is 1.00 e. The third-order valence-electron chi connectivity index (χ3n) is 4.60. The van der Waals surface area contributed by atoms with E-state index in [4.69, 9.17) is 4.74 Å². The molecule has 26 heavy (non-hydrogen) atoms. The van der Waals surface area contributed by atoms with Crippen molar-refractivity contribution in [2.45, 2.75) is 83.8 Å². The molecule has 1 rings (SSSR count). The van der Waals surface area contributed by atoms with Crippen LogP contribution in [0.1, 0.15) is 76.8 Å². The maximum atomic E-state index is 11.3. The van der Waals surface area contributed by atoms with Crippen molar-refractivity contribution in [1.29, 1.82) is 0 Å². The maximum Gasteiger partial charge on any atom is 1.00 e. The van der Waals surface area contributed by atoms with E-state index >= 15 is 0 Å². The van der Waals surface area contributed by atoms with Crippen LogP contribution in [0.25, 0.3) is 0 Å². The molecule has 0 aliphatic heterocycles. The Morgan fingerprint density at radius 2 is 1.62 bits per heavy atom. The molecule has 6 heteroatoms. The number of hydrogen-bond acceptors (Lipinski definition) is 4. The molecule has 0 radical (unpaired) electrons. The molecule has 0 saturated heterocycles. The third-order valence-corrected chi connectivity index (χ3v) is 5.88. The first kappa shape index (κ1) is 25.9. The summed E-state index contributed by atoms with van der Waals surface area (Å²) in [4.78, 5) is 0. The standard InChI is InChI=1S/C20H34O4S.Na/c1-4-7-9-12-17-13-11-15-20(19(17)14-10-8-5-2)24-16-18(6-3)25(21,22)23;/h11,13,15,18H,4-10,12,14,16H2,1-3H3,(H,21,22,23);/q;+1/p-1. The van der Waals surface area contributed by atoms with Crippen molar-refractivity contribution < 1.29 is 47.3 Å². The van der Waals surface area contributed by atoms with Gasteiger partial charge in [0.2, 0.25) is 0 Å². The molecule has 0 bridgehead atoms. The molecular formula is C20H33NaO4S. The summed E-state index contributed by atoms with van der Waals surface area (Å²) >= 11 is 0. The van der Waals surface area contributed by atoms with Crippen molar-refractivity contribution in [3.05, 3.63) is 29.3 Å². The van der Waals surface area contributed by atoms with Gasteiger partial charge in [-0.15, -0.1) is 0 Å². The van der Waals surface area contributed by atoms with Crippen molar-refractivity contribution in [1.82, 2.24) is 0 Å². The average molecular weight is 393 g/mol. The predicted octanol–water partition coefficient (Wildman–Crippen LogP) is 1.86. The van der Waals surface area contributed by atoms with Gasteiger partial charge < -0.3 is 9.29 Å². The van der Waals surface area contributed by atoms with Crippen LogP contribution in [0, 0.1) is 0 Å². The van der Waals surface area contributed by atoms with Gasteiger partial charge in [0.05, 0.1) is 5.25 Å². The first-order valence-corrected chi connectivity index (χ1v) is 11.1. The second-order valence-corrected chi connectivity index (χ2v) is 8.29. The summed E-state index contributed by atoms with van der Waals surface area (Å²) in [6, 6.07) is 6.01. The van der Waals surface area contributed by atoms with Crippen LogP contribution in [0.15, 0.2) is 18.2 Å². The van der Waals surface area contributed by atoms with E-state index in [0.717, 1.165) is 44.3 Å². The molecule has 144 valence electrons. The number of unbranched alkanes of at least 4 members (excludes halogenated alkanes) is 4. The van der Waals surface area contributed by atoms with Crippen LogP contribution in [-0.4, -0.2) is 24.8 Å². The Morgan fingerprint density at radius 1 is 1.00 bits per heavy atom. The minimum Gasteiger partial charge on any atom is -0.748 e. The second kappa shape index (κ2) is 14.0. The molecule has 1 atom stereocenters. The normalized spacial score (nSPS) is 12.5. The van der Waals surface area contributed by atoms with Crippen LogP contribution in [-0.2, 0) is 23.0 Å². The topological polar surface area (TPSA) is 66.4 Å². The molecule has 1 aromatic carbocycles. The van der Waals surface area contributed by atoms with Crippen LogP contribution >= 0.6 is 0 Å². The van der Waals surface area contributed by atoms with Gasteiger partial charge in [-0.25, -0.2) is 8.42 Å². The molecule has 0 saturated carbocycles. The Kier molecular flexibility index (Phi) is 14.0. The van der Waals surface area contributed by atoms with Gasteiger partial charge in [0.25, 0.3) is 0 Å². The summed E-state index contributed by atoms with van der Waals surface area (Å²) in [7, 11) is -4.32. The molecule has 1 aromatic rings. The van der Waals surface area contributed by atoms with Gasteiger partial charge in [0.1, 0.15) is 22.5 Å². The first-order chi connectivity index (χ1) is 11.9. The van der Waals surface area contributed by atoms with E-state index in [1.165, 1.54) is 24.0 Å². The molecule has 0 aliphatic rings. The number of rotatable bonds is 13. The molecular weight excluding hydrogens is 359 g/mol. The van der Waals surface area contributed by atoms with Crippen LogP contribution in [0.3, 0.4) is 0 Å². The van der Waals surface area contributed by atoms with Gasteiger partial charge in [0.15, 0.2) is 0 Å². The minimum absolute atomic E-state index is 0. The van der Waals surface area contributed by atoms with Crippen molar-refractivity contribution in [2.24, 2.45) is 0 Å². The van der Waals surface area contributed by atoms with Gasteiger partial charge in [-0.3, -0.25) is 0 Å². The summed E-state index contributed by atoms with van der Waals surface area (Å²) in [5.74, 6) is 0.743. The zero-order valence-electron chi connectivity index (χ0n) is 16.9. The summed E-state index contributed by atoms with van der Waals surface area (Å²) < 4.78 is 39.7. The molecule has 0 heterocycles. The summed E-state index contributed by atoms with van der Waals surface area (Å²) in [5, 5.41) is -0.986. The molecule has 0 aliphatic carbocycles. The molecule has 1 unspecified atom stereocenters. The number of ether oxygens (including phenoxy) is 1. The monoisotopic (exact) mass is 392 g/mol. The maximum absolute atomic E-state index is 11.3. The first-order valence-electron chi connectivity index (χ1n) is 9.62. The smallest absolute Gasteiger partial charge is 0.748 e. The zero-order valence-corrected chi connectivity index (χ0v) is 19.7. The van der Waals surface area contributed by atoms with Gasteiger partial charge in [-0.1, -0.05) is 58.6 Å². The zero-order chi connectivity index (χ0) is 18.7. The predicted molar refractivity (Wildman–Crippen MR) is 102 cm³/mol. The average Bonchev–Trinajstić information content (AvgIpc) is 2.56.